The molecule has 2 aromatic rings. The maximum Gasteiger partial charge on any atom is 0.251 e. The zero-order valence-corrected chi connectivity index (χ0v) is 15.8. The van der Waals surface area contributed by atoms with Crippen LogP contribution in [-0.4, -0.2) is 39.4 Å². The second-order valence-corrected chi connectivity index (χ2v) is 6.23. The minimum absolute atomic E-state index is 0.102. The van der Waals surface area contributed by atoms with E-state index in [1.165, 1.54) is 0 Å². The highest BCUT2D eigenvalue weighted by Gasteiger charge is 2.14. The second-order valence-electron chi connectivity index (χ2n) is 6.23. The predicted molar refractivity (Wildman–Crippen MR) is 103 cm³/mol. The summed E-state index contributed by atoms with van der Waals surface area (Å²) in [7, 11) is 3.48. The summed E-state index contributed by atoms with van der Waals surface area (Å²) in [5.41, 5.74) is 5.47. The molecule has 5 heteroatoms. The predicted octanol–water partition coefficient (Wildman–Crippen LogP) is 2.66. The molecule has 0 aliphatic carbocycles. The minimum atomic E-state index is -0.102. The van der Waals surface area contributed by atoms with Crippen LogP contribution in [0.1, 0.15) is 43.0 Å². The molecule has 0 saturated heterocycles. The topological polar surface area (TPSA) is 67.4 Å². The summed E-state index contributed by atoms with van der Waals surface area (Å²) < 4.78 is 5.80. The molecule has 0 saturated carbocycles. The lowest BCUT2D eigenvalue weighted by Gasteiger charge is -2.17. The monoisotopic (exact) mass is 354 g/mol. The summed E-state index contributed by atoms with van der Waals surface area (Å²) in [5.74, 6) is 0.557. The molecule has 138 valence electrons. The van der Waals surface area contributed by atoms with Gasteiger partial charge in [0.1, 0.15) is 12.4 Å². The van der Waals surface area contributed by atoms with Gasteiger partial charge >= 0.3 is 0 Å². The first-order chi connectivity index (χ1) is 12.5. The number of aldehydes is 1. The van der Waals surface area contributed by atoms with Crippen molar-refractivity contribution in [3.05, 3.63) is 63.7 Å². The fourth-order valence-electron chi connectivity index (χ4n) is 2.85. The number of amides is 1. The van der Waals surface area contributed by atoms with Gasteiger partial charge in [-0.25, -0.2) is 0 Å². The SMILES string of the molecule is CNCCOc1c(C=O)cc(Cc2ccc(C(=O)NC)cc2)c(C)c1C. The lowest BCUT2D eigenvalue weighted by Crippen LogP contribution is -2.17. The highest BCUT2D eigenvalue weighted by atomic mass is 16.5. The van der Waals surface area contributed by atoms with Crippen LogP contribution in [0.25, 0.3) is 0 Å². The third-order valence-electron chi connectivity index (χ3n) is 4.54. The van der Waals surface area contributed by atoms with Crippen molar-refractivity contribution in [2.75, 3.05) is 27.2 Å². The van der Waals surface area contributed by atoms with Crippen molar-refractivity contribution in [2.24, 2.45) is 0 Å². The van der Waals surface area contributed by atoms with E-state index in [-0.39, 0.29) is 5.91 Å². The zero-order chi connectivity index (χ0) is 19.1. The van der Waals surface area contributed by atoms with Gasteiger partial charge in [-0.05, 0) is 67.8 Å². The number of nitrogens with one attached hydrogen (secondary N) is 2. The number of hydrogen-bond donors (Lipinski definition) is 2. The van der Waals surface area contributed by atoms with Crippen LogP contribution >= 0.6 is 0 Å². The first kappa shape index (κ1) is 19.7. The third-order valence-corrected chi connectivity index (χ3v) is 4.54. The van der Waals surface area contributed by atoms with Crippen molar-refractivity contribution >= 4 is 12.2 Å². The highest BCUT2D eigenvalue weighted by Crippen LogP contribution is 2.29. The van der Waals surface area contributed by atoms with Gasteiger partial charge in [0.25, 0.3) is 5.91 Å². The summed E-state index contributed by atoms with van der Waals surface area (Å²) in [6.45, 7) is 5.26. The molecule has 0 unspecified atom stereocenters. The Hall–Kier alpha value is -2.66. The van der Waals surface area contributed by atoms with Gasteiger partial charge in [-0.15, -0.1) is 0 Å². The van der Waals surface area contributed by atoms with Crippen molar-refractivity contribution < 1.29 is 14.3 Å². The molecule has 2 N–H and O–H groups in total. The lowest BCUT2D eigenvalue weighted by atomic mass is 9.93. The Morgan fingerprint density at radius 2 is 1.81 bits per heavy atom. The molecule has 2 aromatic carbocycles. The standard InChI is InChI=1S/C21H26N2O3/c1-14-15(2)20(26-10-9-22-3)19(13-24)12-18(14)11-16-5-7-17(8-6-16)21(25)23-4/h5-8,12-13,22H,9-11H2,1-4H3,(H,23,25). The molecule has 0 atom stereocenters. The molecular weight excluding hydrogens is 328 g/mol. The van der Waals surface area contributed by atoms with Crippen molar-refractivity contribution in [3.63, 3.8) is 0 Å². The van der Waals surface area contributed by atoms with E-state index in [0.717, 1.165) is 35.1 Å². The average molecular weight is 354 g/mol. The molecule has 1 amide bonds. The van der Waals surface area contributed by atoms with Crippen LogP contribution in [0.5, 0.6) is 5.75 Å². The van der Waals surface area contributed by atoms with Crippen molar-refractivity contribution in [2.45, 2.75) is 20.3 Å². The molecule has 0 radical (unpaired) electrons. The fraction of sp³-hybridized carbons (Fsp3) is 0.333. The fourth-order valence-corrected chi connectivity index (χ4v) is 2.85. The second kappa shape index (κ2) is 9.15. The summed E-state index contributed by atoms with van der Waals surface area (Å²) >= 11 is 0. The van der Waals surface area contributed by atoms with Crippen LogP contribution in [0.4, 0.5) is 0 Å². The maximum atomic E-state index is 11.6. The van der Waals surface area contributed by atoms with Gasteiger partial charge in [-0.3, -0.25) is 9.59 Å². The van der Waals surface area contributed by atoms with E-state index in [1.807, 2.05) is 51.2 Å². The Balaban J connectivity index is 2.28. The number of hydrogen-bond acceptors (Lipinski definition) is 4. The number of carbonyl (C=O) groups is 2. The zero-order valence-electron chi connectivity index (χ0n) is 15.8. The van der Waals surface area contributed by atoms with Gasteiger partial charge in [0.2, 0.25) is 0 Å². The first-order valence-corrected chi connectivity index (χ1v) is 8.68. The summed E-state index contributed by atoms with van der Waals surface area (Å²) in [6, 6.07) is 9.41. The molecule has 0 fully saturated rings. The molecule has 0 aliphatic heterocycles. The molecule has 5 nitrogen and oxygen atoms in total. The molecule has 0 aliphatic rings. The maximum absolute atomic E-state index is 11.6. The van der Waals surface area contributed by atoms with E-state index in [2.05, 4.69) is 10.6 Å². The molecule has 0 spiro atoms. The largest absolute Gasteiger partial charge is 0.491 e. The van der Waals surface area contributed by atoms with Gasteiger partial charge in [0.15, 0.2) is 6.29 Å². The normalized spacial score (nSPS) is 10.5. The van der Waals surface area contributed by atoms with Crippen LogP contribution in [0, 0.1) is 13.8 Å². The van der Waals surface area contributed by atoms with Crippen LogP contribution in [0.3, 0.4) is 0 Å². The van der Waals surface area contributed by atoms with Crippen molar-refractivity contribution in [1.29, 1.82) is 0 Å². The van der Waals surface area contributed by atoms with Crippen LogP contribution < -0.4 is 15.4 Å². The minimum Gasteiger partial charge on any atom is -0.491 e. The molecule has 2 rings (SSSR count). The Bertz CT molecular complexity index is 783. The number of rotatable bonds is 8. The van der Waals surface area contributed by atoms with Gasteiger partial charge in [0.05, 0.1) is 5.56 Å². The van der Waals surface area contributed by atoms with E-state index in [0.29, 0.717) is 29.9 Å². The molecular formula is C21H26N2O3. The molecule has 0 bridgehead atoms. The third kappa shape index (κ3) is 4.49. The van der Waals surface area contributed by atoms with Crippen LogP contribution in [-0.2, 0) is 6.42 Å². The number of ether oxygens (including phenoxy) is 1. The first-order valence-electron chi connectivity index (χ1n) is 8.68. The van der Waals surface area contributed by atoms with Gasteiger partial charge in [0, 0.05) is 19.2 Å². The van der Waals surface area contributed by atoms with E-state index < -0.39 is 0 Å². The van der Waals surface area contributed by atoms with Crippen molar-refractivity contribution in [3.8, 4) is 5.75 Å². The van der Waals surface area contributed by atoms with E-state index in [1.54, 1.807) is 7.05 Å². The van der Waals surface area contributed by atoms with Crippen LogP contribution in [0.15, 0.2) is 30.3 Å². The van der Waals surface area contributed by atoms with Crippen LogP contribution in [0.2, 0.25) is 0 Å². The Morgan fingerprint density at radius 3 is 2.38 bits per heavy atom. The van der Waals surface area contributed by atoms with Crippen molar-refractivity contribution in [1.82, 2.24) is 10.6 Å². The summed E-state index contributed by atoms with van der Waals surface area (Å²) in [4.78, 5) is 23.2. The van der Waals surface area contributed by atoms with Gasteiger partial charge in [-0.2, -0.15) is 0 Å². The molecule has 26 heavy (non-hydrogen) atoms. The Kier molecular flexibility index (Phi) is 6.92. The lowest BCUT2D eigenvalue weighted by molar-refractivity contribution is 0.0962. The summed E-state index contributed by atoms with van der Waals surface area (Å²) in [5, 5.41) is 5.64. The van der Waals surface area contributed by atoms with Gasteiger partial charge < -0.3 is 15.4 Å². The van der Waals surface area contributed by atoms with E-state index in [4.69, 9.17) is 4.74 Å². The number of benzene rings is 2. The number of carbonyl (C=O) groups excluding carboxylic acids is 2. The quantitative estimate of drug-likeness (QED) is 0.565. The smallest absolute Gasteiger partial charge is 0.251 e. The molecule has 0 aromatic heterocycles. The average Bonchev–Trinajstić information content (AvgIpc) is 2.67. The van der Waals surface area contributed by atoms with Gasteiger partial charge in [-0.1, -0.05) is 12.1 Å². The van der Waals surface area contributed by atoms with E-state index >= 15 is 0 Å². The number of likely N-dealkylation sites (N-methyl/N-ethyl adjacent to an activating group) is 1. The van der Waals surface area contributed by atoms with E-state index in [9.17, 15) is 9.59 Å². The molecule has 0 heterocycles. The highest BCUT2D eigenvalue weighted by molar-refractivity contribution is 5.93. The summed E-state index contributed by atoms with van der Waals surface area (Å²) in [6.07, 6.45) is 1.54. The Morgan fingerprint density at radius 1 is 1.12 bits per heavy atom. The Labute approximate surface area is 154 Å².